The molecule has 112 valence electrons. The molecule has 0 aliphatic rings. The summed E-state index contributed by atoms with van der Waals surface area (Å²) in [5.74, 6) is 0. The highest BCUT2D eigenvalue weighted by molar-refractivity contribution is 5.33. The van der Waals surface area contributed by atoms with Crippen molar-refractivity contribution in [2.24, 2.45) is 0 Å². The van der Waals surface area contributed by atoms with Crippen LogP contribution in [-0.2, 0) is 12.8 Å². The van der Waals surface area contributed by atoms with Crippen LogP contribution in [0.3, 0.4) is 0 Å². The lowest BCUT2D eigenvalue weighted by Crippen LogP contribution is -2.24. The zero-order valence-corrected chi connectivity index (χ0v) is 13.6. The molecule has 1 heterocycles. The van der Waals surface area contributed by atoms with Crippen LogP contribution in [0, 0.1) is 13.8 Å². The van der Waals surface area contributed by atoms with Crippen LogP contribution in [0.2, 0.25) is 0 Å². The Morgan fingerprint density at radius 1 is 1.10 bits per heavy atom. The van der Waals surface area contributed by atoms with E-state index in [0.29, 0.717) is 6.04 Å². The van der Waals surface area contributed by atoms with Gasteiger partial charge in [0.15, 0.2) is 0 Å². The molecule has 0 radical (unpaired) electrons. The van der Waals surface area contributed by atoms with E-state index in [9.17, 15) is 0 Å². The van der Waals surface area contributed by atoms with Gasteiger partial charge < -0.3 is 5.32 Å². The van der Waals surface area contributed by atoms with Gasteiger partial charge in [-0.25, -0.2) is 0 Å². The van der Waals surface area contributed by atoms with Gasteiger partial charge in [-0.1, -0.05) is 43.7 Å². The number of rotatable bonds is 6. The van der Waals surface area contributed by atoms with E-state index < -0.39 is 0 Å². The molecule has 0 aliphatic heterocycles. The molecule has 1 aromatic heterocycles. The van der Waals surface area contributed by atoms with Crippen LogP contribution in [0.5, 0.6) is 0 Å². The Morgan fingerprint density at radius 3 is 2.48 bits per heavy atom. The third-order valence-corrected chi connectivity index (χ3v) is 3.96. The Morgan fingerprint density at radius 2 is 1.90 bits per heavy atom. The van der Waals surface area contributed by atoms with Gasteiger partial charge in [-0.3, -0.25) is 4.98 Å². The molecule has 0 bridgehead atoms. The van der Waals surface area contributed by atoms with Gasteiger partial charge in [0.05, 0.1) is 0 Å². The second-order valence-corrected chi connectivity index (χ2v) is 5.69. The number of hydrogen-bond acceptors (Lipinski definition) is 2. The van der Waals surface area contributed by atoms with Gasteiger partial charge in [0, 0.05) is 24.4 Å². The van der Waals surface area contributed by atoms with E-state index in [4.69, 9.17) is 0 Å². The molecule has 1 aromatic carbocycles. The standard InChI is InChI=1S/C19H26N2/c1-5-16-8-9-17(21-13-16)12-19(20-6-2)18-10-7-14(3)11-15(18)4/h7-11,13,19-20H,5-6,12H2,1-4H3. The maximum atomic E-state index is 4.60. The summed E-state index contributed by atoms with van der Waals surface area (Å²) in [5, 5.41) is 3.60. The van der Waals surface area contributed by atoms with Crippen molar-refractivity contribution in [3.8, 4) is 0 Å². The quantitative estimate of drug-likeness (QED) is 0.860. The molecule has 2 aromatic rings. The summed E-state index contributed by atoms with van der Waals surface area (Å²) >= 11 is 0. The normalized spacial score (nSPS) is 12.4. The Hall–Kier alpha value is -1.67. The molecular formula is C19H26N2. The van der Waals surface area contributed by atoms with Crippen LogP contribution in [-0.4, -0.2) is 11.5 Å². The zero-order valence-electron chi connectivity index (χ0n) is 13.6. The second-order valence-electron chi connectivity index (χ2n) is 5.69. The van der Waals surface area contributed by atoms with Gasteiger partial charge in [-0.2, -0.15) is 0 Å². The molecule has 0 fully saturated rings. The first-order valence-electron chi connectivity index (χ1n) is 7.88. The predicted octanol–water partition coefficient (Wildman–Crippen LogP) is 4.15. The Kier molecular flexibility index (Phi) is 5.51. The number of hydrogen-bond donors (Lipinski definition) is 1. The monoisotopic (exact) mass is 282 g/mol. The summed E-state index contributed by atoms with van der Waals surface area (Å²) in [4.78, 5) is 4.60. The molecule has 0 amide bonds. The number of nitrogens with zero attached hydrogens (tertiary/aromatic N) is 1. The molecule has 1 N–H and O–H groups in total. The van der Waals surface area contributed by atoms with Crippen LogP contribution in [0.25, 0.3) is 0 Å². The summed E-state index contributed by atoms with van der Waals surface area (Å²) in [6.07, 6.45) is 3.98. The third kappa shape index (κ3) is 4.15. The number of benzene rings is 1. The minimum Gasteiger partial charge on any atom is -0.310 e. The van der Waals surface area contributed by atoms with Crippen molar-refractivity contribution >= 4 is 0 Å². The maximum Gasteiger partial charge on any atom is 0.0422 e. The average Bonchev–Trinajstić information content (AvgIpc) is 2.48. The molecule has 0 saturated heterocycles. The Balaban J connectivity index is 2.21. The number of pyridine rings is 1. The lowest BCUT2D eigenvalue weighted by Gasteiger charge is -2.20. The summed E-state index contributed by atoms with van der Waals surface area (Å²) in [6, 6.07) is 11.4. The van der Waals surface area contributed by atoms with E-state index in [1.54, 1.807) is 0 Å². The zero-order chi connectivity index (χ0) is 15.2. The third-order valence-electron chi connectivity index (χ3n) is 3.96. The summed E-state index contributed by atoms with van der Waals surface area (Å²) in [7, 11) is 0. The van der Waals surface area contributed by atoms with Gasteiger partial charge in [0.1, 0.15) is 0 Å². The van der Waals surface area contributed by atoms with E-state index >= 15 is 0 Å². The van der Waals surface area contributed by atoms with Crippen molar-refractivity contribution in [1.82, 2.24) is 10.3 Å². The van der Waals surface area contributed by atoms with Crippen molar-refractivity contribution in [1.29, 1.82) is 0 Å². The molecule has 1 unspecified atom stereocenters. The minimum atomic E-state index is 0.329. The predicted molar refractivity (Wildman–Crippen MR) is 89.7 cm³/mol. The minimum absolute atomic E-state index is 0.329. The lowest BCUT2D eigenvalue weighted by atomic mass is 9.95. The molecule has 2 heteroatoms. The van der Waals surface area contributed by atoms with Gasteiger partial charge >= 0.3 is 0 Å². The number of aromatic nitrogens is 1. The smallest absolute Gasteiger partial charge is 0.0422 e. The molecular weight excluding hydrogens is 256 g/mol. The largest absolute Gasteiger partial charge is 0.310 e. The van der Waals surface area contributed by atoms with Crippen molar-refractivity contribution in [2.75, 3.05) is 6.54 Å². The highest BCUT2D eigenvalue weighted by Gasteiger charge is 2.14. The number of likely N-dealkylation sites (N-methyl/N-ethyl adjacent to an activating group) is 1. The van der Waals surface area contributed by atoms with Crippen LogP contribution in [0.4, 0.5) is 0 Å². The van der Waals surface area contributed by atoms with Crippen molar-refractivity contribution < 1.29 is 0 Å². The van der Waals surface area contributed by atoms with Crippen LogP contribution in [0.15, 0.2) is 36.5 Å². The fraction of sp³-hybridized carbons (Fsp3) is 0.421. The van der Waals surface area contributed by atoms with Gasteiger partial charge in [-0.05, 0) is 49.6 Å². The summed E-state index contributed by atoms with van der Waals surface area (Å²) < 4.78 is 0. The Labute approximate surface area is 128 Å². The Bertz CT molecular complexity index is 573. The van der Waals surface area contributed by atoms with Gasteiger partial charge in [0.2, 0.25) is 0 Å². The highest BCUT2D eigenvalue weighted by Crippen LogP contribution is 2.22. The first kappa shape index (κ1) is 15.7. The van der Waals surface area contributed by atoms with E-state index in [2.05, 4.69) is 68.3 Å². The van der Waals surface area contributed by atoms with E-state index in [1.807, 2.05) is 6.20 Å². The number of nitrogens with one attached hydrogen (secondary N) is 1. The number of aryl methyl sites for hydroxylation is 3. The van der Waals surface area contributed by atoms with Crippen molar-refractivity contribution in [3.63, 3.8) is 0 Å². The van der Waals surface area contributed by atoms with E-state index in [1.165, 1.54) is 22.3 Å². The SMILES string of the molecule is CCNC(Cc1ccc(CC)cn1)c1ccc(C)cc1C. The van der Waals surface area contributed by atoms with Crippen LogP contribution in [0.1, 0.15) is 47.8 Å². The molecule has 1 atom stereocenters. The molecule has 0 spiro atoms. The first-order chi connectivity index (χ1) is 10.1. The van der Waals surface area contributed by atoms with Crippen LogP contribution >= 0.6 is 0 Å². The first-order valence-corrected chi connectivity index (χ1v) is 7.88. The molecule has 0 aliphatic carbocycles. The average molecular weight is 282 g/mol. The second kappa shape index (κ2) is 7.37. The molecule has 0 saturated carbocycles. The van der Waals surface area contributed by atoms with Gasteiger partial charge in [-0.15, -0.1) is 0 Å². The topological polar surface area (TPSA) is 24.9 Å². The van der Waals surface area contributed by atoms with Crippen LogP contribution < -0.4 is 5.32 Å². The molecule has 21 heavy (non-hydrogen) atoms. The van der Waals surface area contributed by atoms with Gasteiger partial charge in [0.25, 0.3) is 0 Å². The highest BCUT2D eigenvalue weighted by atomic mass is 14.9. The van der Waals surface area contributed by atoms with Crippen molar-refractivity contribution in [3.05, 3.63) is 64.5 Å². The van der Waals surface area contributed by atoms with E-state index in [0.717, 1.165) is 25.1 Å². The maximum absolute atomic E-state index is 4.60. The van der Waals surface area contributed by atoms with Crippen molar-refractivity contribution in [2.45, 2.75) is 46.6 Å². The fourth-order valence-corrected chi connectivity index (χ4v) is 2.75. The summed E-state index contributed by atoms with van der Waals surface area (Å²) in [6.45, 7) is 9.62. The fourth-order valence-electron chi connectivity index (χ4n) is 2.75. The molecule has 2 nitrogen and oxygen atoms in total. The molecule has 2 rings (SSSR count). The van der Waals surface area contributed by atoms with E-state index in [-0.39, 0.29) is 0 Å². The summed E-state index contributed by atoms with van der Waals surface area (Å²) in [5.41, 5.74) is 6.50. The lowest BCUT2D eigenvalue weighted by molar-refractivity contribution is 0.541.